The van der Waals surface area contributed by atoms with Crippen molar-refractivity contribution < 1.29 is 0 Å². The molecule has 2 nitrogen and oxygen atoms in total. The smallest absolute Gasteiger partial charge is 0.0781 e. The summed E-state index contributed by atoms with van der Waals surface area (Å²) in [6.45, 7) is 5.51. The quantitative estimate of drug-likeness (QED) is 0.690. The van der Waals surface area contributed by atoms with E-state index in [0.29, 0.717) is 5.02 Å². The fourth-order valence-electron chi connectivity index (χ4n) is 1.09. The largest absolute Gasteiger partial charge is 0.260 e. The summed E-state index contributed by atoms with van der Waals surface area (Å²) in [6, 6.07) is 4.00. The Labute approximate surface area is 83.2 Å². The number of aryl methyl sites for hydroxylation is 1. The summed E-state index contributed by atoms with van der Waals surface area (Å²) in [4.78, 5) is 4.05. The second-order valence-corrected chi connectivity index (χ2v) is 3.87. The molecule has 0 atom stereocenters. The van der Waals surface area contributed by atoms with E-state index in [1.165, 1.54) is 0 Å². The third-order valence-electron chi connectivity index (χ3n) is 2.02. The predicted octanol–water partition coefficient (Wildman–Crippen LogP) is 2.84. The first kappa shape index (κ1) is 10.0. The van der Waals surface area contributed by atoms with Gasteiger partial charge in [-0.1, -0.05) is 11.6 Å². The van der Waals surface area contributed by atoms with Gasteiger partial charge in [-0.3, -0.25) is 4.98 Å². The molecule has 1 heterocycles. The molecule has 13 heavy (non-hydrogen) atoms. The number of pyridine rings is 1. The molecule has 0 saturated heterocycles. The second kappa shape index (κ2) is 3.35. The van der Waals surface area contributed by atoms with Gasteiger partial charge in [0, 0.05) is 6.20 Å². The summed E-state index contributed by atoms with van der Waals surface area (Å²) in [5.74, 6) is 0. The predicted molar refractivity (Wildman–Crippen MR) is 52.6 cm³/mol. The third-order valence-corrected chi connectivity index (χ3v) is 2.49. The zero-order valence-corrected chi connectivity index (χ0v) is 8.68. The Morgan fingerprint density at radius 2 is 2.15 bits per heavy atom. The molecular weight excluding hydrogens is 184 g/mol. The lowest BCUT2D eigenvalue weighted by molar-refractivity contribution is 0.684. The van der Waals surface area contributed by atoms with Crippen LogP contribution in [0.5, 0.6) is 0 Å². The summed E-state index contributed by atoms with van der Waals surface area (Å²) >= 11 is 6.04. The molecule has 0 N–H and O–H groups in total. The van der Waals surface area contributed by atoms with E-state index in [9.17, 15) is 0 Å². The minimum absolute atomic E-state index is 0.551. The van der Waals surface area contributed by atoms with Crippen LogP contribution in [-0.2, 0) is 5.41 Å². The minimum Gasteiger partial charge on any atom is -0.260 e. The van der Waals surface area contributed by atoms with Gasteiger partial charge < -0.3 is 0 Å². The molecule has 0 amide bonds. The average Bonchev–Trinajstić information content (AvgIpc) is 2.09. The Morgan fingerprint density at radius 3 is 2.69 bits per heavy atom. The van der Waals surface area contributed by atoms with E-state index in [-0.39, 0.29) is 0 Å². The molecule has 68 valence electrons. The van der Waals surface area contributed by atoms with Crippen LogP contribution in [0.25, 0.3) is 0 Å². The van der Waals surface area contributed by atoms with Crippen LogP contribution in [0.3, 0.4) is 0 Å². The normalized spacial score (nSPS) is 11.0. The van der Waals surface area contributed by atoms with Gasteiger partial charge in [-0.2, -0.15) is 5.26 Å². The Morgan fingerprint density at radius 1 is 1.54 bits per heavy atom. The highest BCUT2D eigenvalue weighted by molar-refractivity contribution is 6.32. The summed E-state index contributed by atoms with van der Waals surface area (Å²) in [5.41, 5.74) is 1.05. The lowest BCUT2D eigenvalue weighted by Crippen LogP contribution is -2.15. The lowest BCUT2D eigenvalue weighted by Gasteiger charge is -2.17. The first-order chi connectivity index (χ1) is 5.99. The van der Waals surface area contributed by atoms with Gasteiger partial charge in [0.1, 0.15) is 0 Å². The lowest BCUT2D eigenvalue weighted by atomic mass is 9.86. The highest BCUT2D eigenvalue weighted by Crippen LogP contribution is 2.30. The standard InChI is InChI=1S/C10H11ClN2/c1-7-9(11)8(4-5-13-7)10(2,3)6-12/h4-5H,1-3H3. The SMILES string of the molecule is Cc1nccc(C(C)(C)C#N)c1Cl. The van der Waals surface area contributed by atoms with E-state index < -0.39 is 5.41 Å². The molecular formula is C10H11ClN2. The average molecular weight is 195 g/mol. The van der Waals surface area contributed by atoms with Gasteiger partial charge in [-0.25, -0.2) is 0 Å². The van der Waals surface area contributed by atoms with Crippen LogP contribution in [0.4, 0.5) is 0 Å². The molecule has 0 bridgehead atoms. The van der Waals surface area contributed by atoms with Crippen molar-refractivity contribution in [3.63, 3.8) is 0 Å². The molecule has 0 spiro atoms. The van der Waals surface area contributed by atoms with Gasteiger partial charge in [0.15, 0.2) is 0 Å². The van der Waals surface area contributed by atoms with Crippen molar-refractivity contribution in [2.24, 2.45) is 0 Å². The van der Waals surface area contributed by atoms with E-state index in [1.807, 2.05) is 20.8 Å². The minimum atomic E-state index is -0.551. The molecule has 0 saturated carbocycles. The summed E-state index contributed by atoms with van der Waals surface area (Å²) in [6.07, 6.45) is 1.68. The van der Waals surface area contributed by atoms with E-state index in [4.69, 9.17) is 16.9 Å². The molecule has 1 aromatic rings. The second-order valence-electron chi connectivity index (χ2n) is 3.49. The molecule has 0 fully saturated rings. The molecule has 1 rings (SSSR count). The molecule has 0 aliphatic carbocycles. The first-order valence-corrected chi connectivity index (χ1v) is 4.39. The third kappa shape index (κ3) is 1.81. The number of nitriles is 1. The van der Waals surface area contributed by atoms with Crippen molar-refractivity contribution >= 4 is 11.6 Å². The number of halogens is 1. The summed E-state index contributed by atoms with van der Waals surface area (Å²) in [7, 11) is 0. The van der Waals surface area contributed by atoms with Crippen molar-refractivity contribution in [1.82, 2.24) is 4.98 Å². The van der Waals surface area contributed by atoms with Gasteiger partial charge in [0.05, 0.1) is 22.2 Å². The maximum absolute atomic E-state index is 8.93. The van der Waals surface area contributed by atoms with Crippen molar-refractivity contribution in [2.45, 2.75) is 26.2 Å². The highest BCUT2D eigenvalue weighted by Gasteiger charge is 2.23. The molecule has 0 unspecified atom stereocenters. The zero-order chi connectivity index (χ0) is 10.1. The Kier molecular flexibility index (Phi) is 2.58. The molecule has 1 aromatic heterocycles. The molecule has 0 aliphatic heterocycles. The van der Waals surface area contributed by atoms with Crippen molar-refractivity contribution in [1.29, 1.82) is 5.26 Å². The number of aromatic nitrogens is 1. The van der Waals surface area contributed by atoms with Gasteiger partial charge in [-0.05, 0) is 32.4 Å². The van der Waals surface area contributed by atoms with Crippen molar-refractivity contribution in [3.05, 3.63) is 28.5 Å². The number of hydrogen-bond acceptors (Lipinski definition) is 2. The summed E-state index contributed by atoms with van der Waals surface area (Å²) < 4.78 is 0. The van der Waals surface area contributed by atoms with Crippen LogP contribution < -0.4 is 0 Å². The first-order valence-electron chi connectivity index (χ1n) is 4.02. The maximum Gasteiger partial charge on any atom is 0.0781 e. The fourth-order valence-corrected chi connectivity index (χ4v) is 1.44. The van der Waals surface area contributed by atoms with Gasteiger partial charge in [-0.15, -0.1) is 0 Å². The van der Waals surface area contributed by atoms with Crippen molar-refractivity contribution in [3.8, 4) is 6.07 Å². The van der Waals surface area contributed by atoms with Crippen LogP contribution in [-0.4, -0.2) is 4.98 Å². The van der Waals surface area contributed by atoms with Crippen molar-refractivity contribution in [2.75, 3.05) is 0 Å². The topological polar surface area (TPSA) is 36.7 Å². The van der Waals surface area contributed by atoms with Gasteiger partial charge in [0.2, 0.25) is 0 Å². The number of rotatable bonds is 1. The van der Waals surface area contributed by atoms with E-state index in [1.54, 1.807) is 12.3 Å². The van der Waals surface area contributed by atoms with Crippen LogP contribution >= 0.6 is 11.6 Å². The summed E-state index contributed by atoms with van der Waals surface area (Å²) in [5, 5.41) is 9.53. The van der Waals surface area contributed by atoms with E-state index in [2.05, 4.69) is 11.1 Å². The Balaban J connectivity index is 3.33. The molecule has 0 radical (unpaired) electrons. The Bertz CT molecular complexity index is 364. The zero-order valence-electron chi connectivity index (χ0n) is 7.93. The molecule has 0 aromatic carbocycles. The number of hydrogen-bond donors (Lipinski definition) is 0. The monoisotopic (exact) mass is 194 g/mol. The molecule has 0 aliphatic rings. The molecule has 3 heteroatoms. The van der Waals surface area contributed by atoms with Crippen LogP contribution in [0.2, 0.25) is 5.02 Å². The van der Waals surface area contributed by atoms with Crippen LogP contribution in [0, 0.1) is 18.3 Å². The number of nitrogens with zero attached hydrogens (tertiary/aromatic N) is 2. The van der Waals surface area contributed by atoms with Gasteiger partial charge >= 0.3 is 0 Å². The van der Waals surface area contributed by atoms with Crippen LogP contribution in [0.15, 0.2) is 12.3 Å². The van der Waals surface area contributed by atoms with E-state index >= 15 is 0 Å². The maximum atomic E-state index is 8.93. The van der Waals surface area contributed by atoms with E-state index in [0.717, 1.165) is 11.3 Å². The van der Waals surface area contributed by atoms with Crippen LogP contribution in [0.1, 0.15) is 25.1 Å². The fraction of sp³-hybridized carbons (Fsp3) is 0.400. The Hall–Kier alpha value is -1.07. The van der Waals surface area contributed by atoms with Gasteiger partial charge in [0.25, 0.3) is 0 Å². The highest BCUT2D eigenvalue weighted by atomic mass is 35.5.